The molecular weight excluding hydrogens is 272 g/mol. The average Bonchev–Trinajstić information content (AvgIpc) is 3.00. The van der Waals surface area contributed by atoms with Crippen molar-refractivity contribution in [2.45, 2.75) is 45.6 Å². The van der Waals surface area contributed by atoms with Crippen LogP contribution in [0.1, 0.15) is 39.0 Å². The minimum Gasteiger partial charge on any atom is -0.383 e. The highest BCUT2D eigenvalue weighted by Crippen LogP contribution is 2.26. The van der Waals surface area contributed by atoms with Crippen LogP contribution in [0.25, 0.3) is 0 Å². The molecule has 0 atom stereocenters. The van der Waals surface area contributed by atoms with Gasteiger partial charge in [0.15, 0.2) is 0 Å². The van der Waals surface area contributed by atoms with Crippen molar-refractivity contribution in [2.75, 3.05) is 11.1 Å². The quantitative estimate of drug-likeness (QED) is 0.852. The zero-order valence-corrected chi connectivity index (χ0v) is 12.5. The van der Waals surface area contributed by atoms with Gasteiger partial charge >= 0.3 is 5.69 Å². The first-order chi connectivity index (χ1) is 9.97. The summed E-state index contributed by atoms with van der Waals surface area (Å²) in [6.07, 6.45) is 4.37. The van der Waals surface area contributed by atoms with E-state index >= 15 is 0 Å². The number of nitrogens with one attached hydrogen (secondary N) is 1. The Morgan fingerprint density at radius 2 is 1.95 bits per heavy atom. The van der Waals surface area contributed by atoms with Crippen molar-refractivity contribution in [3.8, 4) is 0 Å². The van der Waals surface area contributed by atoms with Crippen LogP contribution >= 0.6 is 0 Å². The number of aromatic nitrogens is 2. The van der Waals surface area contributed by atoms with Crippen molar-refractivity contribution in [3.63, 3.8) is 0 Å². The molecule has 0 saturated heterocycles. The van der Waals surface area contributed by atoms with Gasteiger partial charge in [-0.15, -0.1) is 0 Å². The van der Waals surface area contributed by atoms with Crippen LogP contribution in [0.2, 0.25) is 0 Å². The Bertz CT molecular complexity index is 653. The van der Waals surface area contributed by atoms with Crippen molar-refractivity contribution in [1.82, 2.24) is 9.13 Å². The lowest BCUT2D eigenvalue weighted by Crippen LogP contribution is -2.42. The molecule has 21 heavy (non-hydrogen) atoms. The normalized spacial score (nSPS) is 15.3. The summed E-state index contributed by atoms with van der Waals surface area (Å²) in [5.74, 6) is -0.248. The number of nitrogen functional groups attached to an aromatic ring is 1. The first-order valence-electron chi connectivity index (χ1n) is 7.37. The Morgan fingerprint density at radius 3 is 2.52 bits per heavy atom. The number of carbonyl (C=O) groups is 1. The van der Waals surface area contributed by atoms with E-state index in [9.17, 15) is 14.4 Å². The van der Waals surface area contributed by atoms with E-state index in [0.29, 0.717) is 13.0 Å². The molecule has 1 aliphatic rings. The van der Waals surface area contributed by atoms with Gasteiger partial charge in [0.05, 0.1) is 0 Å². The molecule has 1 aliphatic carbocycles. The highest BCUT2D eigenvalue weighted by molar-refractivity contribution is 5.94. The van der Waals surface area contributed by atoms with Crippen LogP contribution in [-0.2, 0) is 18.4 Å². The van der Waals surface area contributed by atoms with Crippen LogP contribution in [0, 0.1) is 5.92 Å². The highest BCUT2D eigenvalue weighted by Gasteiger charge is 2.25. The number of nitrogens with zero attached hydrogens (tertiary/aromatic N) is 2. The second-order valence-electron chi connectivity index (χ2n) is 5.53. The smallest absolute Gasteiger partial charge is 0.332 e. The van der Waals surface area contributed by atoms with Crippen molar-refractivity contribution >= 4 is 17.4 Å². The molecule has 3 N–H and O–H groups in total. The van der Waals surface area contributed by atoms with Gasteiger partial charge in [-0.1, -0.05) is 19.8 Å². The molecule has 7 heteroatoms. The molecule has 1 heterocycles. The van der Waals surface area contributed by atoms with E-state index in [-0.39, 0.29) is 23.3 Å². The van der Waals surface area contributed by atoms with Crippen LogP contribution in [0.15, 0.2) is 9.59 Å². The molecule has 2 rings (SSSR count). The summed E-state index contributed by atoms with van der Waals surface area (Å²) >= 11 is 0. The van der Waals surface area contributed by atoms with Gasteiger partial charge in [0.25, 0.3) is 5.56 Å². The second-order valence-corrected chi connectivity index (χ2v) is 5.53. The van der Waals surface area contributed by atoms with Gasteiger partial charge in [-0.05, 0) is 19.3 Å². The number of hydrogen-bond acceptors (Lipinski definition) is 4. The lowest BCUT2D eigenvalue weighted by atomic mass is 10.1. The number of anilines is 2. The van der Waals surface area contributed by atoms with Crippen LogP contribution in [0.3, 0.4) is 0 Å². The summed E-state index contributed by atoms with van der Waals surface area (Å²) in [7, 11) is 1.49. The largest absolute Gasteiger partial charge is 0.383 e. The summed E-state index contributed by atoms with van der Waals surface area (Å²) in [4.78, 5) is 36.6. The third kappa shape index (κ3) is 2.86. The third-order valence-corrected chi connectivity index (χ3v) is 4.02. The molecule has 0 aliphatic heterocycles. The fraction of sp³-hybridized carbons (Fsp3) is 0.643. The van der Waals surface area contributed by atoms with Gasteiger partial charge in [-0.3, -0.25) is 18.7 Å². The van der Waals surface area contributed by atoms with Crippen LogP contribution in [-0.4, -0.2) is 15.0 Å². The fourth-order valence-corrected chi connectivity index (χ4v) is 2.73. The molecule has 1 saturated carbocycles. The summed E-state index contributed by atoms with van der Waals surface area (Å²) in [5, 5.41) is 2.63. The maximum Gasteiger partial charge on any atom is 0.332 e. The van der Waals surface area contributed by atoms with Crippen LogP contribution < -0.4 is 22.3 Å². The van der Waals surface area contributed by atoms with E-state index in [2.05, 4.69) is 5.32 Å². The molecule has 1 amide bonds. The SMILES string of the molecule is CCCn1c(=O)c(NC(=O)C2CCCC2)c(N)n(C)c1=O. The molecule has 0 aromatic carbocycles. The van der Waals surface area contributed by atoms with Crippen molar-refractivity contribution < 1.29 is 4.79 Å². The van der Waals surface area contributed by atoms with E-state index in [1.165, 1.54) is 11.6 Å². The number of carbonyl (C=O) groups excluding carboxylic acids is 1. The van der Waals surface area contributed by atoms with Gasteiger partial charge in [-0.2, -0.15) is 0 Å². The minimum atomic E-state index is -0.524. The lowest BCUT2D eigenvalue weighted by molar-refractivity contribution is -0.119. The number of rotatable bonds is 4. The summed E-state index contributed by atoms with van der Waals surface area (Å²) < 4.78 is 2.31. The van der Waals surface area contributed by atoms with Crippen LogP contribution in [0.5, 0.6) is 0 Å². The number of hydrogen-bond donors (Lipinski definition) is 2. The molecule has 116 valence electrons. The fourth-order valence-electron chi connectivity index (χ4n) is 2.73. The molecule has 1 aromatic rings. The molecule has 0 unspecified atom stereocenters. The van der Waals surface area contributed by atoms with Gasteiger partial charge in [-0.25, -0.2) is 4.79 Å². The second kappa shape index (κ2) is 6.15. The summed E-state index contributed by atoms with van der Waals surface area (Å²) in [6.45, 7) is 2.18. The highest BCUT2D eigenvalue weighted by atomic mass is 16.2. The molecule has 1 fully saturated rings. The summed E-state index contributed by atoms with van der Waals surface area (Å²) in [5.41, 5.74) is 4.86. The Hall–Kier alpha value is -2.05. The first-order valence-corrected chi connectivity index (χ1v) is 7.37. The van der Waals surface area contributed by atoms with Crippen molar-refractivity contribution in [3.05, 3.63) is 20.8 Å². The number of nitrogens with two attached hydrogens (primary N) is 1. The molecule has 0 spiro atoms. The standard InChI is InChI=1S/C14H22N4O3/c1-3-8-18-13(20)10(11(15)17(2)14(18)21)16-12(19)9-6-4-5-7-9/h9H,3-8,15H2,1-2H3,(H,16,19). The van der Waals surface area contributed by atoms with Gasteiger partial charge in [0.2, 0.25) is 5.91 Å². The third-order valence-electron chi connectivity index (χ3n) is 4.02. The van der Waals surface area contributed by atoms with E-state index in [0.717, 1.165) is 30.3 Å². The monoisotopic (exact) mass is 294 g/mol. The predicted molar refractivity (Wildman–Crippen MR) is 81.2 cm³/mol. The Labute approximate surface area is 122 Å². The maximum atomic E-state index is 12.4. The zero-order chi connectivity index (χ0) is 15.6. The molecular formula is C14H22N4O3. The lowest BCUT2D eigenvalue weighted by Gasteiger charge is -2.15. The summed E-state index contributed by atoms with van der Waals surface area (Å²) in [6, 6.07) is 0. The first kappa shape index (κ1) is 15.3. The molecule has 0 radical (unpaired) electrons. The molecule has 7 nitrogen and oxygen atoms in total. The maximum absolute atomic E-state index is 12.4. The Morgan fingerprint density at radius 1 is 1.33 bits per heavy atom. The van der Waals surface area contributed by atoms with E-state index < -0.39 is 11.2 Å². The molecule has 0 bridgehead atoms. The zero-order valence-electron chi connectivity index (χ0n) is 12.5. The van der Waals surface area contributed by atoms with Gasteiger partial charge < -0.3 is 11.1 Å². The van der Waals surface area contributed by atoms with E-state index in [1.54, 1.807) is 0 Å². The van der Waals surface area contributed by atoms with Gasteiger partial charge in [0, 0.05) is 19.5 Å². The van der Waals surface area contributed by atoms with Crippen molar-refractivity contribution in [2.24, 2.45) is 13.0 Å². The molecule has 1 aromatic heterocycles. The van der Waals surface area contributed by atoms with E-state index in [1.807, 2.05) is 6.92 Å². The predicted octanol–water partition coefficient (Wildman–Crippen LogP) is 0.668. The van der Waals surface area contributed by atoms with Crippen molar-refractivity contribution in [1.29, 1.82) is 0 Å². The van der Waals surface area contributed by atoms with Crippen LogP contribution in [0.4, 0.5) is 11.5 Å². The topological polar surface area (TPSA) is 99.1 Å². The Kier molecular flexibility index (Phi) is 4.50. The van der Waals surface area contributed by atoms with Gasteiger partial charge in [0.1, 0.15) is 11.5 Å². The van der Waals surface area contributed by atoms with E-state index in [4.69, 9.17) is 5.73 Å². The average molecular weight is 294 g/mol. The number of amides is 1. The minimum absolute atomic E-state index is 0.00343. The Balaban J connectivity index is 2.40.